The zero-order valence-electron chi connectivity index (χ0n) is 30.3. The number of ether oxygens (including phenoxy) is 4. The van der Waals surface area contributed by atoms with E-state index in [-0.39, 0.29) is 29.3 Å². The molecule has 14 heteroatoms. The third-order valence-electron chi connectivity index (χ3n) is 8.76. The molecule has 1 fully saturated rings. The highest BCUT2D eigenvalue weighted by atomic mass is 16.5. The molecule has 272 valence electrons. The highest BCUT2D eigenvalue weighted by Gasteiger charge is 2.25. The van der Waals surface area contributed by atoms with Gasteiger partial charge in [-0.05, 0) is 51.4 Å². The van der Waals surface area contributed by atoms with Crippen LogP contribution in [0.15, 0.2) is 42.6 Å². The average molecular weight is 694 g/mol. The molecule has 3 aromatic rings. The van der Waals surface area contributed by atoms with Gasteiger partial charge in [0, 0.05) is 81.8 Å². The summed E-state index contributed by atoms with van der Waals surface area (Å²) in [6.07, 6.45) is 1.55. The fourth-order valence-corrected chi connectivity index (χ4v) is 5.94. The van der Waals surface area contributed by atoms with Gasteiger partial charge in [0.05, 0.1) is 33.6 Å². The Morgan fingerprint density at radius 3 is 2.22 bits per heavy atom. The predicted octanol–water partition coefficient (Wildman–Crippen LogP) is 5.13. The molecule has 2 amide bonds. The Morgan fingerprint density at radius 1 is 0.960 bits per heavy atom. The van der Waals surface area contributed by atoms with E-state index in [0.717, 1.165) is 49.6 Å². The third-order valence-corrected chi connectivity index (χ3v) is 8.76. The Labute approximate surface area is 294 Å². The van der Waals surface area contributed by atoms with Crippen molar-refractivity contribution in [1.82, 2.24) is 24.7 Å². The van der Waals surface area contributed by atoms with E-state index in [2.05, 4.69) is 32.1 Å². The number of piperazine rings is 1. The van der Waals surface area contributed by atoms with E-state index in [1.807, 2.05) is 20.8 Å². The maximum atomic E-state index is 12.8. The van der Waals surface area contributed by atoms with E-state index in [0.29, 0.717) is 54.8 Å². The van der Waals surface area contributed by atoms with Crippen LogP contribution in [0.2, 0.25) is 0 Å². The highest BCUT2D eigenvalue weighted by Crippen LogP contribution is 2.41. The van der Waals surface area contributed by atoms with Crippen LogP contribution >= 0.6 is 0 Å². The zero-order valence-corrected chi connectivity index (χ0v) is 30.3. The quantitative estimate of drug-likeness (QED) is 0.181. The molecule has 1 atom stereocenters. The van der Waals surface area contributed by atoms with Crippen molar-refractivity contribution in [3.63, 3.8) is 0 Å². The molecular weight excluding hydrogens is 642 g/mol. The SMILES string of the molecule is CCN(CC)C(=O)C(C)Cc1ccc(N(C(=O)O)c2ccnc(Nc3cc(OC)c(OCCCN4CCN(C)CC4)c(OC)c3)n2)c(OC)c1. The van der Waals surface area contributed by atoms with Crippen molar-refractivity contribution in [3.8, 4) is 23.0 Å². The van der Waals surface area contributed by atoms with Gasteiger partial charge < -0.3 is 44.1 Å². The smallest absolute Gasteiger partial charge is 0.417 e. The minimum absolute atomic E-state index is 0.0698. The minimum Gasteiger partial charge on any atom is -0.495 e. The Bertz CT molecular complexity index is 1550. The second-order valence-electron chi connectivity index (χ2n) is 12.2. The molecule has 0 bridgehead atoms. The monoisotopic (exact) mass is 693 g/mol. The van der Waals surface area contributed by atoms with Crippen LogP contribution in [0, 0.1) is 5.92 Å². The largest absolute Gasteiger partial charge is 0.495 e. The lowest BCUT2D eigenvalue weighted by Crippen LogP contribution is -2.44. The summed E-state index contributed by atoms with van der Waals surface area (Å²) in [6.45, 7) is 12.8. The molecule has 2 N–H and O–H groups in total. The standard InChI is InChI=1S/C36H51N7O7/c1-8-42(9-2)34(44)25(3)21-26-11-12-28(29(22-26)47-5)43(36(45)46)32-13-14-37-35(39-32)38-27-23-30(48-6)33(31(24-27)49-7)50-20-10-15-41-18-16-40(4)17-19-41/h11-14,22-25H,8-10,15-21H2,1-7H3,(H,45,46)(H,37,38,39). The molecule has 1 aliphatic rings. The summed E-state index contributed by atoms with van der Waals surface area (Å²) in [7, 11) is 6.73. The lowest BCUT2D eigenvalue weighted by molar-refractivity contribution is -0.134. The van der Waals surface area contributed by atoms with Crippen molar-refractivity contribution >= 4 is 35.1 Å². The highest BCUT2D eigenvalue weighted by molar-refractivity contribution is 5.95. The number of amides is 2. The third kappa shape index (κ3) is 9.66. The summed E-state index contributed by atoms with van der Waals surface area (Å²) in [5.74, 6) is 1.83. The van der Waals surface area contributed by atoms with Crippen LogP contribution in [0.1, 0.15) is 32.8 Å². The number of methoxy groups -OCH3 is 3. The van der Waals surface area contributed by atoms with E-state index in [4.69, 9.17) is 18.9 Å². The molecule has 0 spiro atoms. The Morgan fingerprint density at radius 2 is 1.62 bits per heavy atom. The molecule has 1 saturated heterocycles. The van der Waals surface area contributed by atoms with Gasteiger partial charge in [0.15, 0.2) is 11.5 Å². The zero-order chi connectivity index (χ0) is 36.2. The van der Waals surface area contributed by atoms with E-state index >= 15 is 0 Å². The summed E-state index contributed by atoms with van der Waals surface area (Å²) in [6, 6.07) is 10.2. The summed E-state index contributed by atoms with van der Waals surface area (Å²) < 4.78 is 23.1. The first kappa shape index (κ1) is 38.0. The van der Waals surface area contributed by atoms with Crippen LogP contribution in [0.4, 0.5) is 27.9 Å². The maximum Gasteiger partial charge on any atom is 0.417 e. The molecule has 4 rings (SSSR count). The van der Waals surface area contributed by atoms with Crippen LogP contribution in [0.3, 0.4) is 0 Å². The number of carbonyl (C=O) groups excluding carboxylic acids is 1. The van der Waals surface area contributed by atoms with Crippen LogP contribution in [0.25, 0.3) is 0 Å². The van der Waals surface area contributed by atoms with Gasteiger partial charge in [0.1, 0.15) is 11.6 Å². The van der Waals surface area contributed by atoms with Gasteiger partial charge in [0.2, 0.25) is 17.6 Å². The van der Waals surface area contributed by atoms with Crippen molar-refractivity contribution in [2.24, 2.45) is 5.92 Å². The number of aromatic nitrogens is 2. The maximum absolute atomic E-state index is 12.8. The van der Waals surface area contributed by atoms with E-state index in [9.17, 15) is 14.7 Å². The number of anilines is 4. The van der Waals surface area contributed by atoms with Crippen molar-refractivity contribution in [1.29, 1.82) is 0 Å². The van der Waals surface area contributed by atoms with Gasteiger partial charge in [-0.2, -0.15) is 4.98 Å². The topological polar surface area (TPSA) is 142 Å². The van der Waals surface area contributed by atoms with Gasteiger partial charge >= 0.3 is 6.09 Å². The normalized spacial score (nSPS) is 14.1. The number of benzene rings is 2. The van der Waals surface area contributed by atoms with E-state index in [1.165, 1.54) is 19.4 Å². The van der Waals surface area contributed by atoms with Gasteiger partial charge in [-0.15, -0.1) is 0 Å². The number of likely N-dealkylation sites (N-methyl/N-ethyl adjacent to an activating group) is 1. The molecule has 50 heavy (non-hydrogen) atoms. The summed E-state index contributed by atoms with van der Waals surface area (Å²) in [5.41, 5.74) is 1.67. The van der Waals surface area contributed by atoms with E-state index < -0.39 is 6.09 Å². The molecule has 0 aliphatic carbocycles. The van der Waals surface area contributed by atoms with Crippen molar-refractivity contribution in [3.05, 3.63) is 48.2 Å². The number of hydrogen-bond acceptors (Lipinski definition) is 11. The number of nitrogens with zero attached hydrogens (tertiary/aromatic N) is 6. The number of rotatable bonds is 17. The van der Waals surface area contributed by atoms with Crippen molar-refractivity contribution in [2.75, 3.05) is 91.0 Å². The predicted molar refractivity (Wildman–Crippen MR) is 193 cm³/mol. The molecule has 2 heterocycles. The molecule has 1 aliphatic heterocycles. The van der Waals surface area contributed by atoms with Crippen LogP contribution in [0.5, 0.6) is 23.0 Å². The first-order chi connectivity index (χ1) is 24.1. The average Bonchev–Trinajstić information content (AvgIpc) is 3.12. The first-order valence-corrected chi connectivity index (χ1v) is 17.0. The van der Waals surface area contributed by atoms with Gasteiger partial charge in [0.25, 0.3) is 0 Å². The fraction of sp³-hybridized carbons (Fsp3) is 0.500. The van der Waals surface area contributed by atoms with Gasteiger partial charge in [-0.3, -0.25) is 4.79 Å². The summed E-state index contributed by atoms with van der Waals surface area (Å²) in [5, 5.41) is 13.4. The lowest BCUT2D eigenvalue weighted by atomic mass is 9.99. The van der Waals surface area contributed by atoms with Crippen LogP contribution in [-0.4, -0.2) is 123 Å². The molecule has 14 nitrogen and oxygen atoms in total. The number of hydrogen-bond donors (Lipinski definition) is 2. The number of carbonyl (C=O) groups is 2. The lowest BCUT2D eigenvalue weighted by Gasteiger charge is -2.32. The molecule has 1 aromatic heterocycles. The second kappa shape index (κ2) is 18.3. The second-order valence-corrected chi connectivity index (χ2v) is 12.2. The van der Waals surface area contributed by atoms with E-state index in [1.54, 1.807) is 49.5 Å². The number of nitrogens with one attached hydrogen (secondary N) is 1. The molecular formula is C36H51N7O7. The molecule has 2 aromatic carbocycles. The van der Waals surface area contributed by atoms with Gasteiger partial charge in [-0.25, -0.2) is 14.7 Å². The molecule has 0 radical (unpaired) electrons. The molecule has 1 unspecified atom stereocenters. The van der Waals surface area contributed by atoms with Crippen LogP contribution < -0.4 is 29.2 Å². The Hall–Kier alpha value is -4.82. The first-order valence-electron chi connectivity index (χ1n) is 17.0. The fourth-order valence-electron chi connectivity index (χ4n) is 5.94. The molecule has 0 saturated carbocycles. The Balaban J connectivity index is 1.50. The van der Waals surface area contributed by atoms with Crippen molar-refractivity contribution < 1.29 is 33.6 Å². The van der Waals surface area contributed by atoms with Gasteiger partial charge in [-0.1, -0.05) is 13.0 Å². The number of carboxylic acid groups (broad SMARTS) is 1. The van der Waals surface area contributed by atoms with Crippen LogP contribution in [-0.2, 0) is 11.2 Å². The summed E-state index contributed by atoms with van der Waals surface area (Å²) >= 11 is 0. The minimum atomic E-state index is -1.26. The summed E-state index contributed by atoms with van der Waals surface area (Å²) in [4.78, 5) is 41.9. The van der Waals surface area contributed by atoms with Crippen molar-refractivity contribution in [2.45, 2.75) is 33.6 Å². The Kier molecular flexibility index (Phi) is 13.9.